The first-order chi connectivity index (χ1) is 18.8. The molecule has 3 rings (SSSR count). The SMILES string of the molecule is COc1ccc(S(=O)(=O)N(CC[C@H](CN2CCc3cc(OCP(=O)(O)O)ccc3C2)NC(=O)O)CC(C)C)cc1. The average Bonchev–Trinajstić information content (AvgIpc) is 2.88. The highest BCUT2D eigenvalue weighted by atomic mass is 32.2. The van der Waals surface area contributed by atoms with Crippen LogP contribution in [-0.4, -0.2) is 84.3 Å². The van der Waals surface area contributed by atoms with Gasteiger partial charge in [0.05, 0.1) is 12.0 Å². The highest BCUT2D eigenvalue weighted by molar-refractivity contribution is 7.89. The summed E-state index contributed by atoms with van der Waals surface area (Å²) in [6.07, 6.45) is -0.939. The quantitative estimate of drug-likeness (QED) is 0.237. The van der Waals surface area contributed by atoms with Gasteiger partial charge in [0.15, 0.2) is 6.35 Å². The van der Waals surface area contributed by atoms with Gasteiger partial charge in [0, 0.05) is 38.8 Å². The summed E-state index contributed by atoms with van der Waals surface area (Å²) in [7, 11) is -6.58. The monoisotopic (exact) mass is 599 g/mol. The van der Waals surface area contributed by atoms with Crippen molar-refractivity contribution < 1.29 is 42.1 Å². The summed E-state index contributed by atoms with van der Waals surface area (Å²) < 4.78 is 49.7. The molecule has 0 radical (unpaired) electrons. The van der Waals surface area contributed by atoms with Crippen LogP contribution >= 0.6 is 7.60 Å². The van der Waals surface area contributed by atoms with E-state index in [-0.39, 0.29) is 30.3 Å². The molecule has 1 amide bonds. The maximum Gasteiger partial charge on any atom is 0.404 e. The van der Waals surface area contributed by atoms with Crippen LogP contribution in [0.5, 0.6) is 11.5 Å². The van der Waals surface area contributed by atoms with Gasteiger partial charge >= 0.3 is 13.7 Å². The number of benzene rings is 2. The number of sulfonamides is 1. The summed E-state index contributed by atoms with van der Waals surface area (Å²) in [5, 5.41) is 12.0. The van der Waals surface area contributed by atoms with Gasteiger partial charge in [-0.3, -0.25) is 9.46 Å². The largest absolute Gasteiger partial charge is 0.497 e. The molecule has 0 saturated carbocycles. The molecule has 1 heterocycles. The number of amides is 1. The Bertz CT molecular complexity index is 1300. The summed E-state index contributed by atoms with van der Waals surface area (Å²) >= 11 is 0. The molecule has 4 N–H and O–H groups in total. The van der Waals surface area contributed by atoms with E-state index >= 15 is 0 Å². The van der Waals surface area contributed by atoms with Crippen LogP contribution in [-0.2, 0) is 27.6 Å². The van der Waals surface area contributed by atoms with Crippen molar-refractivity contribution in [1.29, 1.82) is 0 Å². The van der Waals surface area contributed by atoms with E-state index in [2.05, 4.69) is 10.2 Å². The Labute approximate surface area is 235 Å². The standard InChI is InChI=1S/C26H38N3O9PS/c1-19(2)15-29(40(35,36)25-8-6-23(37-3)7-9-25)13-11-22(27-26(30)31)17-28-12-10-20-14-24(5-4-21(20)16-28)38-18-39(32,33)34/h4-9,14,19,22,27H,10-13,15-18H2,1-3H3,(H,30,31)(H2,32,33,34)/t22-/m1/s1. The molecule has 2 aromatic carbocycles. The Balaban J connectivity index is 1.68. The fourth-order valence-electron chi connectivity index (χ4n) is 4.60. The Hall–Kier alpha value is -2.67. The number of methoxy groups -OCH3 is 1. The van der Waals surface area contributed by atoms with Gasteiger partial charge in [-0.25, -0.2) is 13.2 Å². The smallest absolute Gasteiger partial charge is 0.404 e. The van der Waals surface area contributed by atoms with Crippen LogP contribution in [0, 0.1) is 5.92 Å². The zero-order chi connectivity index (χ0) is 29.5. The number of hydrogen-bond donors (Lipinski definition) is 4. The first-order valence-corrected chi connectivity index (χ1v) is 16.2. The minimum atomic E-state index is -4.28. The molecule has 14 heteroatoms. The number of hydrogen-bond acceptors (Lipinski definition) is 7. The van der Waals surface area contributed by atoms with Crippen LogP contribution in [0.25, 0.3) is 0 Å². The second-order valence-corrected chi connectivity index (χ2v) is 13.7. The molecule has 2 aromatic rings. The molecule has 1 atom stereocenters. The van der Waals surface area contributed by atoms with Gasteiger partial charge < -0.3 is 29.7 Å². The topological polar surface area (TPSA) is 166 Å². The predicted molar refractivity (Wildman–Crippen MR) is 149 cm³/mol. The maximum absolute atomic E-state index is 13.4. The van der Waals surface area contributed by atoms with Gasteiger partial charge in [-0.2, -0.15) is 4.31 Å². The fourth-order valence-corrected chi connectivity index (χ4v) is 6.54. The van der Waals surface area contributed by atoms with Crippen LogP contribution in [0.3, 0.4) is 0 Å². The molecule has 222 valence electrons. The Morgan fingerprint density at radius 3 is 2.40 bits per heavy atom. The molecule has 0 saturated heterocycles. The van der Waals surface area contributed by atoms with Crippen LogP contribution in [0.15, 0.2) is 47.4 Å². The highest BCUT2D eigenvalue weighted by Crippen LogP contribution is 2.35. The van der Waals surface area contributed by atoms with Crippen LogP contribution in [0.1, 0.15) is 31.4 Å². The molecule has 0 bridgehead atoms. The summed E-state index contributed by atoms with van der Waals surface area (Å²) in [6, 6.07) is 10.9. The molecule has 40 heavy (non-hydrogen) atoms. The van der Waals surface area contributed by atoms with Crippen LogP contribution in [0.4, 0.5) is 4.79 Å². The minimum Gasteiger partial charge on any atom is -0.497 e. The third-order valence-electron chi connectivity index (χ3n) is 6.47. The third-order valence-corrected chi connectivity index (χ3v) is 8.81. The Morgan fingerprint density at radius 1 is 1.12 bits per heavy atom. The molecule has 0 aliphatic carbocycles. The molecule has 1 aliphatic rings. The van der Waals surface area contributed by atoms with E-state index in [1.54, 1.807) is 24.3 Å². The van der Waals surface area contributed by atoms with Crippen LogP contribution < -0.4 is 14.8 Å². The highest BCUT2D eigenvalue weighted by Gasteiger charge is 2.28. The number of fused-ring (bicyclic) bond motifs is 1. The summed E-state index contributed by atoms with van der Waals surface area (Å²) in [4.78, 5) is 31.9. The van der Waals surface area contributed by atoms with E-state index < -0.39 is 36.1 Å². The van der Waals surface area contributed by atoms with Crippen molar-refractivity contribution in [3.63, 3.8) is 0 Å². The summed E-state index contributed by atoms with van der Waals surface area (Å²) in [5.74, 6) is 0.991. The zero-order valence-corrected chi connectivity index (χ0v) is 24.6. The van der Waals surface area contributed by atoms with Gasteiger partial charge in [0.1, 0.15) is 11.5 Å². The summed E-state index contributed by atoms with van der Waals surface area (Å²) in [5.41, 5.74) is 2.00. The second-order valence-electron chi connectivity index (χ2n) is 10.2. The van der Waals surface area contributed by atoms with Gasteiger partial charge in [-0.15, -0.1) is 0 Å². The lowest BCUT2D eigenvalue weighted by atomic mass is 9.99. The Kier molecular flexibility index (Phi) is 11.0. The lowest BCUT2D eigenvalue weighted by Gasteiger charge is -2.33. The Morgan fingerprint density at radius 2 is 1.80 bits per heavy atom. The van der Waals surface area contributed by atoms with Gasteiger partial charge in [0.25, 0.3) is 0 Å². The average molecular weight is 600 g/mol. The van der Waals surface area contributed by atoms with Crippen LogP contribution in [0.2, 0.25) is 0 Å². The molecule has 0 unspecified atom stereocenters. The lowest BCUT2D eigenvalue weighted by molar-refractivity contribution is 0.173. The van der Waals surface area contributed by atoms with Crippen molar-refractivity contribution in [2.24, 2.45) is 5.92 Å². The zero-order valence-electron chi connectivity index (χ0n) is 22.9. The van der Waals surface area contributed by atoms with E-state index in [1.807, 2.05) is 19.9 Å². The maximum atomic E-state index is 13.4. The van der Waals surface area contributed by atoms with Gasteiger partial charge in [-0.1, -0.05) is 19.9 Å². The van der Waals surface area contributed by atoms with Gasteiger partial charge in [0.2, 0.25) is 10.0 Å². The minimum absolute atomic E-state index is 0.0630. The normalized spacial score (nSPS) is 15.1. The first kappa shape index (κ1) is 31.9. The molecular weight excluding hydrogens is 561 g/mol. The molecular formula is C26H38N3O9PS. The fraction of sp³-hybridized carbons (Fsp3) is 0.500. The molecule has 0 spiro atoms. The second kappa shape index (κ2) is 13.8. The first-order valence-electron chi connectivity index (χ1n) is 12.9. The lowest BCUT2D eigenvalue weighted by Crippen LogP contribution is -2.47. The molecule has 0 fully saturated rings. The van der Waals surface area contributed by atoms with Crippen molar-refractivity contribution in [2.75, 3.05) is 39.6 Å². The van der Waals surface area contributed by atoms with E-state index in [1.165, 1.54) is 23.5 Å². The van der Waals surface area contributed by atoms with Crippen molar-refractivity contribution in [3.05, 3.63) is 53.6 Å². The van der Waals surface area contributed by atoms with E-state index in [0.717, 1.165) is 11.1 Å². The third kappa shape index (κ3) is 9.46. The number of carboxylic acid groups (broad SMARTS) is 1. The van der Waals surface area contributed by atoms with Crippen molar-refractivity contribution in [2.45, 2.75) is 44.2 Å². The molecule has 1 aliphatic heterocycles. The number of ether oxygens (including phenoxy) is 2. The van der Waals surface area contributed by atoms with Crippen molar-refractivity contribution >= 4 is 23.7 Å². The van der Waals surface area contributed by atoms with E-state index in [4.69, 9.17) is 19.3 Å². The van der Waals surface area contributed by atoms with Crippen molar-refractivity contribution in [1.82, 2.24) is 14.5 Å². The number of carbonyl (C=O) groups is 1. The number of rotatable bonds is 14. The number of nitrogens with zero attached hydrogens (tertiary/aromatic N) is 2. The van der Waals surface area contributed by atoms with E-state index in [9.17, 15) is 22.9 Å². The van der Waals surface area contributed by atoms with Gasteiger partial charge in [-0.05, 0) is 66.3 Å². The van der Waals surface area contributed by atoms with E-state index in [0.29, 0.717) is 37.6 Å². The predicted octanol–water partition coefficient (Wildman–Crippen LogP) is 2.94. The molecule has 0 aromatic heterocycles. The molecule has 12 nitrogen and oxygen atoms in total. The van der Waals surface area contributed by atoms with Crippen molar-refractivity contribution in [3.8, 4) is 11.5 Å². The summed E-state index contributed by atoms with van der Waals surface area (Å²) in [6.45, 7) is 5.85. The number of nitrogens with one attached hydrogen (secondary N) is 1.